The van der Waals surface area contributed by atoms with Crippen molar-refractivity contribution < 1.29 is 4.79 Å². The molecular formula is C20H28N4OS. The van der Waals surface area contributed by atoms with Crippen molar-refractivity contribution in [3.05, 3.63) is 41.7 Å². The number of anilines is 1. The third-order valence-corrected chi connectivity index (χ3v) is 5.69. The Labute approximate surface area is 160 Å². The summed E-state index contributed by atoms with van der Waals surface area (Å²) >= 11 is 1.47. The summed E-state index contributed by atoms with van der Waals surface area (Å²) in [4.78, 5) is 21.5. The van der Waals surface area contributed by atoms with Crippen molar-refractivity contribution in [2.45, 2.75) is 52.0 Å². The molecule has 1 fully saturated rings. The lowest BCUT2D eigenvalue weighted by atomic mass is 10.1. The van der Waals surface area contributed by atoms with E-state index in [9.17, 15) is 4.79 Å². The fourth-order valence-electron chi connectivity index (χ4n) is 3.40. The number of hydrogen-bond acceptors (Lipinski definition) is 5. The van der Waals surface area contributed by atoms with E-state index in [0.29, 0.717) is 12.3 Å². The predicted molar refractivity (Wildman–Crippen MR) is 107 cm³/mol. The van der Waals surface area contributed by atoms with Crippen molar-refractivity contribution in [2.24, 2.45) is 0 Å². The largest absolute Gasteiger partial charge is 0.343 e. The Kier molecular flexibility index (Phi) is 6.61. The number of carbonyl (C=O) groups is 1. The lowest BCUT2D eigenvalue weighted by molar-refractivity contribution is -0.133. The molecule has 1 aromatic heterocycles. The summed E-state index contributed by atoms with van der Waals surface area (Å²) < 4.78 is 4.52. The highest BCUT2D eigenvalue weighted by Crippen LogP contribution is 2.23. The van der Waals surface area contributed by atoms with E-state index in [1.54, 1.807) is 0 Å². The van der Waals surface area contributed by atoms with Gasteiger partial charge in [-0.1, -0.05) is 50.1 Å². The second kappa shape index (κ2) is 9.12. The highest BCUT2D eigenvalue weighted by atomic mass is 32.1. The van der Waals surface area contributed by atoms with Gasteiger partial charge in [0.25, 0.3) is 0 Å². The Morgan fingerprint density at radius 3 is 2.77 bits per heavy atom. The second-order valence-corrected chi connectivity index (χ2v) is 7.73. The van der Waals surface area contributed by atoms with Crippen LogP contribution in [0, 0.1) is 0 Å². The highest BCUT2D eigenvalue weighted by molar-refractivity contribution is 7.09. The lowest BCUT2D eigenvalue weighted by Gasteiger charge is -2.39. The average Bonchev–Trinajstić information content (AvgIpc) is 3.11. The molecule has 1 aliphatic heterocycles. The van der Waals surface area contributed by atoms with E-state index in [4.69, 9.17) is 4.98 Å². The van der Waals surface area contributed by atoms with Gasteiger partial charge in [0.15, 0.2) is 0 Å². The predicted octanol–water partition coefficient (Wildman–Crippen LogP) is 3.75. The Bertz CT molecular complexity index is 703. The van der Waals surface area contributed by atoms with E-state index in [0.717, 1.165) is 56.3 Å². The molecule has 140 valence electrons. The summed E-state index contributed by atoms with van der Waals surface area (Å²) in [5, 5.41) is 0.973. The third-order valence-electron chi connectivity index (χ3n) is 4.87. The van der Waals surface area contributed by atoms with Crippen LogP contribution in [0.3, 0.4) is 0 Å². The molecule has 1 saturated heterocycles. The third kappa shape index (κ3) is 4.81. The van der Waals surface area contributed by atoms with E-state index < -0.39 is 0 Å². The number of unbranched alkanes of at least 4 members (excludes halogenated alkanes) is 2. The van der Waals surface area contributed by atoms with E-state index in [2.05, 4.69) is 35.3 Å². The number of nitrogens with zero attached hydrogens (tertiary/aromatic N) is 4. The van der Waals surface area contributed by atoms with Gasteiger partial charge < -0.3 is 9.80 Å². The van der Waals surface area contributed by atoms with Gasteiger partial charge in [0.2, 0.25) is 11.0 Å². The topological polar surface area (TPSA) is 49.3 Å². The molecule has 1 amide bonds. The normalized spacial score (nSPS) is 17.5. The van der Waals surface area contributed by atoms with Gasteiger partial charge in [-0.15, -0.1) is 0 Å². The first-order chi connectivity index (χ1) is 12.7. The van der Waals surface area contributed by atoms with Gasteiger partial charge >= 0.3 is 0 Å². The van der Waals surface area contributed by atoms with Crippen LogP contribution in [0.15, 0.2) is 30.3 Å². The van der Waals surface area contributed by atoms with Gasteiger partial charge in [-0.2, -0.15) is 4.37 Å². The lowest BCUT2D eigenvalue weighted by Crippen LogP contribution is -2.54. The molecule has 0 spiro atoms. The molecule has 1 aliphatic rings. The molecule has 1 aromatic carbocycles. The minimum Gasteiger partial charge on any atom is -0.343 e. The standard InChI is InChI=1S/C20H28N4OS/c1-3-4-6-11-19(25)24-13-12-23(15-16(24)2)20-21-18(22-26-20)14-17-9-7-5-8-10-17/h5,7-10,16H,3-4,6,11-15H2,1-2H3/t16-/m1/s1. The van der Waals surface area contributed by atoms with Crippen LogP contribution in [0.2, 0.25) is 0 Å². The van der Waals surface area contributed by atoms with E-state index in [1.165, 1.54) is 17.1 Å². The van der Waals surface area contributed by atoms with Gasteiger partial charge in [-0.05, 0) is 18.9 Å². The van der Waals surface area contributed by atoms with Crippen molar-refractivity contribution in [3.63, 3.8) is 0 Å². The summed E-state index contributed by atoms with van der Waals surface area (Å²) in [7, 11) is 0. The fraction of sp³-hybridized carbons (Fsp3) is 0.550. The summed E-state index contributed by atoms with van der Waals surface area (Å²) in [6.07, 6.45) is 4.73. The molecule has 0 radical (unpaired) electrons. The van der Waals surface area contributed by atoms with Gasteiger partial charge in [-0.3, -0.25) is 4.79 Å². The van der Waals surface area contributed by atoms with Crippen LogP contribution >= 0.6 is 11.5 Å². The molecule has 2 aromatic rings. The SMILES string of the molecule is CCCCCC(=O)N1CCN(c2nc(Cc3ccccc3)ns2)C[C@H]1C. The summed E-state index contributed by atoms with van der Waals surface area (Å²) in [6.45, 7) is 6.75. The molecular weight excluding hydrogens is 344 g/mol. The monoisotopic (exact) mass is 372 g/mol. The van der Waals surface area contributed by atoms with Crippen LogP contribution in [0.1, 0.15) is 50.9 Å². The first-order valence-electron chi connectivity index (χ1n) is 9.58. The first kappa shape index (κ1) is 18.8. The fourth-order valence-corrected chi connectivity index (χ4v) is 4.12. The zero-order valence-corrected chi connectivity index (χ0v) is 16.5. The molecule has 0 N–H and O–H groups in total. The number of amides is 1. The summed E-state index contributed by atoms with van der Waals surface area (Å²) in [5.74, 6) is 1.18. The zero-order chi connectivity index (χ0) is 18.4. The quantitative estimate of drug-likeness (QED) is 0.695. The van der Waals surface area contributed by atoms with Gasteiger partial charge in [0.1, 0.15) is 5.82 Å². The van der Waals surface area contributed by atoms with Gasteiger partial charge in [0.05, 0.1) is 0 Å². The van der Waals surface area contributed by atoms with E-state index in [-0.39, 0.29) is 6.04 Å². The Balaban J connectivity index is 1.55. The molecule has 0 aliphatic carbocycles. The molecule has 5 nitrogen and oxygen atoms in total. The Hall–Kier alpha value is -1.95. The molecule has 0 unspecified atom stereocenters. The van der Waals surface area contributed by atoms with Crippen LogP contribution in [0.4, 0.5) is 5.13 Å². The van der Waals surface area contributed by atoms with Crippen LogP contribution < -0.4 is 4.90 Å². The van der Waals surface area contributed by atoms with Crippen molar-refractivity contribution in [2.75, 3.05) is 24.5 Å². The van der Waals surface area contributed by atoms with Gasteiger partial charge in [0, 0.05) is 50.1 Å². The van der Waals surface area contributed by atoms with Crippen LogP contribution in [0.25, 0.3) is 0 Å². The smallest absolute Gasteiger partial charge is 0.222 e. The number of piperazine rings is 1. The summed E-state index contributed by atoms with van der Waals surface area (Å²) in [6, 6.07) is 10.5. The van der Waals surface area contributed by atoms with Crippen molar-refractivity contribution in [3.8, 4) is 0 Å². The Morgan fingerprint density at radius 1 is 1.23 bits per heavy atom. The van der Waals surface area contributed by atoms with Crippen molar-refractivity contribution in [1.29, 1.82) is 0 Å². The maximum Gasteiger partial charge on any atom is 0.222 e. The number of hydrogen-bond donors (Lipinski definition) is 0. The van der Waals surface area contributed by atoms with Crippen LogP contribution in [-0.4, -0.2) is 45.8 Å². The van der Waals surface area contributed by atoms with Crippen LogP contribution in [-0.2, 0) is 11.2 Å². The maximum absolute atomic E-state index is 12.4. The Morgan fingerprint density at radius 2 is 2.04 bits per heavy atom. The zero-order valence-electron chi connectivity index (χ0n) is 15.7. The number of carbonyl (C=O) groups excluding carboxylic acids is 1. The van der Waals surface area contributed by atoms with Crippen molar-refractivity contribution >= 4 is 22.6 Å². The molecule has 0 bridgehead atoms. The average molecular weight is 373 g/mol. The van der Waals surface area contributed by atoms with Gasteiger partial charge in [-0.25, -0.2) is 4.98 Å². The minimum absolute atomic E-state index is 0.222. The molecule has 26 heavy (non-hydrogen) atoms. The number of aromatic nitrogens is 2. The number of rotatable bonds is 7. The maximum atomic E-state index is 12.4. The molecule has 2 heterocycles. The molecule has 0 saturated carbocycles. The van der Waals surface area contributed by atoms with Crippen LogP contribution in [0.5, 0.6) is 0 Å². The molecule has 3 rings (SSSR count). The second-order valence-electron chi connectivity index (χ2n) is 6.99. The summed E-state index contributed by atoms with van der Waals surface area (Å²) in [5.41, 5.74) is 1.23. The minimum atomic E-state index is 0.222. The van der Waals surface area contributed by atoms with E-state index >= 15 is 0 Å². The van der Waals surface area contributed by atoms with E-state index in [1.807, 2.05) is 23.1 Å². The number of benzene rings is 1. The highest BCUT2D eigenvalue weighted by Gasteiger charge is 2.28. The first-order valence-corrected chi connectivity index (χ1v) is 10.4. The molecule has 6 heteroatoms. The van der Waals surface area contributed by atoms with Crippen molar-refractivity contribution in [1.82, 2.24) is 14.3 Å². The molecule has 1 atom stereocenters.